The summed E-state index contributed by atoms with van der Waals surface area (Å²) >= 11 is 0. The van der Waals surface area contributed by atoms with Gasteiger partial charge in [-0.1, -0.05) is 36.8 Å². The van der Waals surface area contributed by atoms with Crippen molar-refractivity contribution < 1.29 is 0 Å². The highest BCUT2D eigenvalue weighted by Gasteiger charge is 2.38. The van der Waals surface area contributed by atoms with Crippen LogP contribution in [0.5, 0.6) is 0 Å². The number of piperidine rings is 1. The standard InChI is InChI=1S/C24H32N6O2/c1-27-22-21(23(31)28(2)24(27)32)30(16-26-22)15-18(29-11-7-4-8-12-29)14-25-20-13-19(20)17-9-5-3-6-10-17/h3,5-6,9-10,16,18-20,25H,4,7-8,11-15H2,1-2H3/t18?,19-,20+/m1/s1. The molecule has 8 nitrogen and oxygen atoms in total. The van der Waals surface area contributed by atoms with Crippen LogP contribution < -0.4 is 16.6 Å². The lowest BCUT2D eigenvalue weighted by Gasteiger charge is -2.35. The number of nitrogens with zero attached hydrogens (tertiary/aromatic N) is 5. The molecule has 3 heterocycles. The molecule has 32 heavy (non-hydrogen) atoms. The summed E-state index contributed by atoms with van der Waals surface area (Å²) in [5.74, 6) is 0.592. The average Bonchev–Trinajstić information content (AvgIpc) is 3.50. The molecule has 0 spiro atoms. The zero-order chi connectivity index (χ0) is 22.2. The van der Waals surface area contributed by atoms with Crippen LogP contribution in [0.1, 0.15) is 37.2 Å². The van der Waals surface area contributed by atoms with Gasteiger partial charge in [-0.2, -0.15) is 0 Å². The summed E-state index contributed by atoms with van der Waals surface area (Å²) in [7, 11) is 3.20. The molecule has 3 atom stereocenters. The van der Waals surface area contributed by atoms with Gasteiger partial charge in [-0.25, -0.2) is 9.78 Å². The van der Waals surface area contributed by atoms with E-state index in [1.54, 1.807) is 13.4 Å². The third-order valence-corrected chi connectivity index (χ3v) is 7.17. The lowest BCUT2D eigenvalue weighted by Crippen LogP contribution is -2.48. The molecule has 1 unspecified atom stereocenters. The quantitative estimate of drug-likeness (QED) is 0.606. The minimum atomic E-state index is -0.345. The SMILES string of the molecule is Cn1c(=O)c2c(ncn2CC(CN[C@H]2C[C@@H]2c2ccccc2)N2CCCCC2)n(C)c1=O. The summed E-state index contributed by atoms with van der Waals surface area (Å²) in [6.07, 6.45) is 6.60. The molecule has 1 aromatic carbocycles. The van der Waals surface area contributed by atoms with E-state index in [1.807, 2.05) is 4.57 Å². The molecule has 1 aliphatic heterocycles. The minimum absolute atomic E-state index is 0.270. The summed E-state index contributed by atoms with van der Waals surface area (Å²) in [4.78, 5) is 32.1. The summed E-state index contributed by atoms with van der Waals surface area (Å²) < 4.78 is 4.57. The fourth-order valence-corrected chi connectivity index (χ4v) is 5.13. The molecular weight excluding hydrogens is 404 g/mol. The van der Waals surface area contributed by atoms with E-state index >= 15 is 0 Å². The van der Waals surface area contributed by atoms with Crippen LogP contribution in [0.25, 0.3) is 11.2 Å². The third kappa shape index (κ3) is 3.93. The number of fused-ring (bicyclic) bond motifs is 1. The van der Waals surface area contributed by atoms with Crippen LogP contribution >= 0.6 is 0 Å². The molecule has 170 valence electrons. The van der Waals surface area contributed by atoms with Crippen molar-refractivity contribution in [1.29, 1.82) is 0 Å². The zero-order valence-electron chi connectivity index (χ0n) is 18.9. The van der Waals surface area contributed by atoms with Crippen molar-refractivity contribution in [2.45, 2.75) is 50.2 Å². The van der Waals surface area contributed by atoms with Crippen LogP contribution in [-0.2, 0) is 20.6 Å². The van der Waals surface area contributed by atoms with Crippen molar-refractivity contribution in [1.82, 2.24) is 28.9 Å². The maximum atomic E-state index is 12.9. The highest BCUT2D eigenvalue weighted by Crippen LogP contribution is 2.40. The van der Waals surface area contributed by atoms with Crippen LogP contribution in [0.15, 0.2) is 46.2 Å². The molecule has 2 fully saturated rings. The van der Waals surface area contributed by atoms with Gasteiger partial charge in [-0.15, -0.1) is 0 Å². The third-order valence-electron chi connectivity index (χ3n) is 7.17. The lowest BCUT2D eigenvalue weighted by atomic mass is 10.1. The summed E-state index contributed by atoms with van der Waals surface area (Å²) in [5.41, 5.74) is 1.74. The Morgan fingerprint density at radius 2 is 1.81 bits per heavy atom. The van der Waals surface area contributed by atoms with Crippen LogP contribution in [0.3, 0.4) is 0 Å². The number of imidazole rings is 1. The van der Waals surface area contributed by atoms with Gasteiger partial charge in [0.25, 0.3) is 5.56 Å². The topological polar surface area (TPSA) is 77.1 Å². The maximum absolute atomic E-state index is 12.9. The number of aromatic nitrogens is 4. The highest BCUT2D eigenvalue weighted by atomic mass is 16.2. The van der Waals surface area contributed by atoms with E-state index in [4.69, 9.17) is 0 Å². The molecule has 0 radical (unpaired) electrons. The first-order valence-corrected chi connectivity index (χ1v) is 11.7. The molecule has 2 aliphatic rings. The Kier molecular flexibility index (Phi) is 5.73. The van der Waals surface area contributed by atoms with Crippen LogP contribution in [0, 0.1) is 0 Å². The Hall–Kier alpha value is -2.71. The van der Waals surface area contributed by atoms with Crippen LogP contribution in [0.4, 0.5) is 0 Å². The molecular formula is C24H32N6O2. The molecule has 0 bridgehead atoms. The molecule has 3 aromatic rings. The summed E-state index contributed by atoms with van der Waals surface area (Å²) in [6, 6.07) is 11.5. The van der Waals surface area contributed by atoms with E-state index in [2.05, 4.69) is 45.5 Å². The molecule has 1 saturated carbocycles. The Morgan fingerprint density at radius 3 is 2.56 bits per heavy atom. The normalized spacial score (nSPS) is 22.3. The van der Waals surface area contributed by atoms with Crippen molar-refractivity contribution in [2.24, 2.45) is 14.1 Å². The van der Waals surface area contributed by atoms with Gasteiger partial charge < -0.3 is 9.88 Å². The lowest BCUT2D eigenvalue weighted by molar-refractivity contribution is 0.146. The van der Waals surface area contributed by atoms with E-state index in [1.165, 1.54) is 47.4 Å². The second-order valence-corrected chi connectivity index (χ2v) is 9.29. The van der Waals surface area contributed by atoms with E-state index in [-0.39, 0.29) is 17.3 Å². The summed E-state index contributed by atoms with van der Waals surface area (Å²) in [5, 5.41) is 3.80. The van der Waals surface area contributed by atoms with E-state index in [0.29, 0.717) is 29.7 Å². The molecule has 8 heteroatoms. The predicted molar refractivity (Wildman–Crippen MR) is 125 cm³/mol. The Labute approximate surface area is 187 Å². The molecule has 1 aliphatic carbocycles. The predicted octanol–water partition coefficient (Wildman–Crippen LogP) is 1.43. The molecule has 5 rings (SSSR count). The van der Waals surface area contributed by atoms with Crippen LogP contribution in [-0.4, -0.2) is 55.3 Å². The monoisotopic (exact) mass is 436 g/mol. The van der Waals surface area contributed by atoms with Gasteiger partial charge in [0.05, 0.1) is 6.33 Å². The van der Waals surface area contributed by atoms with Gasteiger partial charge in [0.2, 0.25) is 0 Å². The number of hydrogen-bond donors (Lipinski definition) is 1. The fourth-order valence-electron chi connectivity index (χ4n) is 5.13. The number of rotatable bonds is 7. The van der Waals surface area contributed by atoms with Crippen molar-refractivity contribution >= 4 is 11.2 Å². The second kappa shape index (κ2) is 8.67. The highest BCUT2D eigenvalue weighted by molar-refractivity contribution is 5.69. The average molecular weight is 437 g/mol. The molecule has 1 N–H and O–H groups in total. The van der Waals surface area contributed by atoms with Gasteiger partial charge in [-0.05, 0) is 37.9 Å². The number of aryl methyl sites for hydroxylation is 1. The van der Waals surface area contributed by atoms with Crippen molar-refractivity contribution in [3.05, 3.63) is 63.1 Å². The van der Waals surface area contributed by atoms with Crippen molar-refractivity contribution in [3.63, 3.8) is 0 Å². The first kappa shape index (κ1) is 21.2. The van der Waals surface area contributed by atoms with Crippen LogP contribution in [0.2, 0.25) is 0 Å². The first-order chi connectivity index (χ1) is 15.5. The maximum Gasteiger partial charge on any atom is 0.332 e. The Bertz CT molecular complexity index is 1200. The molecule has 0 amide bonds. The Morgan fingerprint density at radius 1 is 1.06 bits per heavy atom. The number of benzene rings is 1. The van der Waals surface area contributed by atoms with Gasteiger partial charge in [-0.3, -0.25) is 18.8 Å². The molecule has 1 saturated heterocycles. The van der Waals surface area contributed by atoms with Gasteiger partial charge in [0.1, 0.15) is 0 Å². The van der Waals surface area contributed by atoms with E-state index in [9.17, 15) is 9.59 Å². The first-order valence-electron chi connectivity index (χ1n) is 11.7. The summed E-state index contributed by atoms with van der Waals surface area (Å²) in [6.45, 7) is 3.73. The van der Waals surface area contributed by atoms with Crippen molar-refractivity contribution in [2.75, 3.05) is 19.6 Å². The number of likely N-dealkylation sites (tertiary alicyclic amines) is 1. The number of hydrogen-bond acceptors (Lipinski definition) is 5. The van der Waals surface area contributed by atoms with E-state index < -0.39 is 0 Å². The van der Waals surface area contributed by atoms with Crippen molar-refractivity contribution in [3.8, 4) is 0 Å². The largest absolute Gasteiger partial charge is 0.332 e. The zero-order valence-corrected chi connectivity index (χ0v) is 18.9. The Balaban J connectivity index is 1.36. The van der Waals surface area contributed by atoms with Gasteiger partial charge in [0, 0.05) is 45.2 Å². The molecule has 2 aromatic heterocycles. The van der Waals surface area contributed by atoms with E-state index in [0.717, 1.165) is 19.6 Å². The smallest absolute Gasteiger partial charge is 0.323 e. The van der Waals surface area contributed by atoms with Gasteiger partial charge in [0.15, 0.2) is 11.2 Å². The minimum Gasteiger partial charge on any atom is -0.323 e. The fraction of sp³-hybridized carbons (Fsp3) is 0.542. The number of nitrogens with one attached hydrogen (secondary N) is 1. The van der Waals surface area contributed by atoms with Gasteiger partial charge >= 0.3 is 5.69 Å². The second-order valence-electron chi connectivity index (χ2n) is 9.29.